The van der Waals surface area contributed by atoms with E-state index in [4.69, 9.17) is 21.7 Å². The summed E-state index contributed by atoms with van der Waals surface area (Å²) in [7, 11) is 1.54. The summed E-state index contributed by atoms with van der Waals surface area (Å²) in [5, 5.41) is 2.57. The number of methoxy groups -OCH3 is 1. The first-order valence-electron chi connectivity index (χ1n) is 7.35. The minimum absolute atomic E-state index is 0.203. The Balaban J connectivity index is 1.75. The molecule has 1 aliphatic heterocycles. The smallest absolute Gasteiger partial charge is 0.263 e. The average Bonchev–Trinajstić information content (AvgIpc) is 2.92. The van der Waals surface area contributed by atoms with Crippen molar-refractivity contribution >= 4 is 40.3 Å². The van der Waals surface area contributed by atoms with Crippen molar-refractivity contribution in [2.24, 2.45) is 0 Å². The number of thiocarbonyl (C=S) groups is 1. The van der Waals surface area contributed by atoms with Crippen LogP contribution in [0.2, 0.25) is 0 Å². The highest BCUT2D eigenvalue weighted by Crippen LogP contribution is 2.32. The van der Waals surface area contributed by atoms with Gasteiger partial charge in [-0.05, 0) is 41.5 Å². The second-order valence-corrected chi connectivity index (χ2v) is 6.90. The zero-order valence-electron chi connectivity index (χ0n) is 13.2. The number of rotatable bonds is 5. The van der Waals surface area contributed by atoms with E-state index in [0.29, 0.717) is 27.3 Å². The van der Waals surface area contributed by atoms with Gasteiger partial charge in [-0.25, -0.2) is 4.39 Å². The molecule has 1 saturated heterocycles. The lowest BCUT2D eigenvalue weighted by atomic mass is 10.2. The normalized spacial score (nSPS) is 15.4. The number of carbonyl (C=O) groups excluding carboxylic acids is 1. The third-order valence-corrected chi connectivity index (χ3v) is 4.60. The molecule has 128 valence electrons. The number of thioether (sulfide) groups is 1. The van der Waals surface area contributed by atoms with Gasteiger partial charge in [-0.15, -0.1) is 0 Å². The number of halogens is 1. The summed E-state index contributed by atoms with van der Waals surface area (Å²) in [6.45, 7) is 0.295. The van der Waals surface area contributed by atoms with E-state index in [1.165, 1.54) is 23.9 Å². The van der Waals surface area contributed by atoms with Crippen molar-refractivity contribution in [1.29, 1.82) is 0 Å². The molecule has 0 spiro atoms. The van der Waals surface area contributed by atoms with Gasteiger partial charge in [0.15, 0.2) is 11.5 Å². The van der Waals surface area contributed by atoms with Crippen LogP contribution in [0.4, 0.5) is 4.39 Å². The molecular weight excluding hydrogens is 361 g/mol. The van der Waals surface area contributed by atoms with Crippen molar-refractivity contribution in [2.45, 2.75) is 6.61 Å². The van der Waals surface area contributed by atoms with Gasteiger partial charge in [0, 0.05) is 0 Å². The predicted octanol–water partition coefficient (Wildman–Crippen LogP) is 3.90. The van der Waals surface area contributed by atoms with Gasteiger partial charge in [-0.2, -0.15) is 0 Å². The van der Waals surface area contributed by atoms with Gasteiger partial charge < -0.3 is 14.8 Å². The quantitative estimate of drug-likeness (QED) is 0.634. The highest BCUT2D eigenvalue weighted by atomic mass is 32.2. The molecule has 1 N–H and O–H groups in total. The summed E-state index contributed by atoms with van der Waals surface area (Å²) >= 11 is 6.19. The largest absolute Gasteiger partial charge is 0.493 e. The summed E-state index contributed by atoms with van der Waals surface area (Å²) in [5.41, 5.74) is 1.65. The highest BCUT2D eigenvalue weighted by Gasteiger charge is 2.22. The Kier molecular flexibility index (Phi) is 5.35. The van der Waals surface area contributed by atoms with Gasteiger partial charge in [0.1, 0.15) is 16.7 Å². The van der Waals surface area contributed by atoms with Crippen molar-refractivity contribution < 1.29 is 18.7 Å². The summed E-state index contributed by atoms with van der Waals surface area (Å²) < 4.78 is 24.5. The van der Waals surface area contributed by atoms with Gasteiger partial charge >= 0.3 is 0 Å². The average molecular weight is 375 g/mol. The minimum Gasteiger partial charge on any atom is -0.493 e. The second-order valence-electron chi connectivity index (χ2n) is 5.18. The Morgan fingerprint density at radius 1 is 1.20 bits per heavy atom. The lowest BCUT2D eigenvalue weighted by molar-refractivity contribution is -0.115. The van der Waals surface area contributed by atoms with Crippen molar-refractivity contribution in [1.82, 2.24) is 5.32 Å². The maximum Gasteiger partial charge on any atom is 0.263 e. The van der Waals surface area contributed by atoms with Crippen LogP contribution < -0.4 is 14.8 Å². The van der Waals surface area contributed by atoms with E-state index in [1.807, 2.05) is 6.07 Å². The molecule has 0 aliphatic carbocycles. The van der Waals surface area contributed by atoms with E-state index in [-0.39, 0.29) is 11.7 Å². The molecule has 1 heterocycles. The number of ether oxygens (including phenoxy) is 2. The first kappa shape index (κ1) is 17.4. The number of benzene rings is 2. The van der Waals surface area contributed by atoms with Gasteiger partial charge in [0.25, 0.3) is 5.91 Å². The molecule has 4 nitrogen and oxygen atoms in total. The van der Waals surface area contributed by atoms with Crippen LogP contribution in [0.25, 0.3) is 6.08 Å². The molecule has 0 radical (unpaired) electrons. The van der Waals surface area contributed by atoms with E-state index < -0.39 is 0 Å². The fourth-order valence-electron chi connectivity index (χ4n) is 2.21. The number of carbonyl (C=O) groups is 1. The maximum atomic E-state index is 12.9. The molecule has 1 aliphatic rings. The highest BCUT2D eigenvalue weighted by molar-refractivity contribution is 8.26. The molecular formula is C18H14FNO3S2. The van der Waals surface area contributed by atoms with Gasteiger partial charge in [-0.1, -0.05) is 42.2 Å². The van der Waals surface area contributed by atoms with Crippen LogP contribution in [0.3, 0.4) is 0 Å². The van der Waals surface area contributed by atoms with E-state index >= 15 is 0 Å². The fourth-order valence-corrected chi connectivity index (χ4v) is 3.25. The molecule has 0 atom stereocenters. The minimum atomic E-state index is -0.285. The Bertz CT molecular complexity index is 850. The predicted molar refractivity (Wildman–Crippen MR) is 100 cm³/mol. The van der Waals surface area contributed by atoms with Crippen LogP contribution in [0, 0.1) is 5.82 Å². The van der Waals surface area contributed by atoms with Crippen LogP contribution in [0.5, 0.6) is 11.5 Å². The summed E-state index contributed by atoms with van der Waals surface area (Å²) in [5.74, 6) is 0.619. The zero-order chi connectivity index (χ0) is 17.8. The lowest BCUT2D eigenvalue weighted by Gasteiger charge is -2.11. The Morgan fingerprint density at radius 2 is 1.96 bits per heavy atom. The van der Waals surface area contributed by atoms with Gasteiger partial charge in [-0.3, -0.25) is 4.79 Å². The van der Waals surface area contributed by atoms with E-state index in [9.17, 15) is 9.18 Å². The summed E-state index contributed by atoms with van der Waals surface area (Å²) in [6, 6.07) is 11.5. The van der Waals surface area contributed by atoms with Crippen LogP contribution in [-0.2, 0) is 11.4 Å². The summed E-state index contributed by atoms with van der Waals surface area (Å²) in [4.78, 5) is 12.3. The molecule has 1 fully saturated rings. The Labute approximate surface area is 154 Å². The van der Waals surface area contributed by atoms with Gasteiger partial charge in [0.2, 0.25) is 0 Å². The Morgan fingerprint density at radius 3 is 2.60 bits per heavy atom. The van der Waals surface area contributed by atoms with Crippen molar-refractivity contribution in [3.8, 4) is 11.5 Å². The van der Waals surface area contributed by atoms with Crippen molar-refractivity contribution in [3.05, 3.63) is 64.3 Å². The molecule has 2 aromatic rings. The van der Waals surface area contributed by atoms with Crippen LogP contribution >= 0.6 is 24.0 Å². The zero-order valence-corrected chi connectivity index (χ0v) is 14.9. The third kappa shape index (κ3) is 4.37. The first-order valence-corrected chi connectivity index (χ1v) is 8.58. The molecule has 3 rings (SSSR count). The van der Waals surface area contributed by atoms with Crippen LogP contribution in [0.1, 0.15) is 11.1 Å². The SMILES string of the molecule is COc1cc(C=C2SC(=S)NC2=O)ccc1OCc1ccc(F)cc1. The number of nitrogens with one attached hydrogen (secondary N) is 1. The third-order valence-electron chi connectivity index (χ3n) is 3.44. The fraction of sp³-hybridized carbons (Fsp3) is 0.111. The van der Waals surface area contributed by atoms with E-state index in [1.54, 1.807) is 37.5 Å². The molecule has 25 heavy (non-hydrogen) atoms. The second kappa shape index (κ2) is 7.67. The van der Waals surface area contributed by atoms with Crippen LogP contribution in [0.15, 0.2) is 47.4 Å². The topological polar surface area (TPSA) is 47.6 Å². The Hall–Kier alpha value is -2.38. The van der Waals surface area contributed by atoms with Crippen molar-refractivity contribution in [3.63, 3.8) is 0 Å². The maximum absolute atomic E-state index is 12.9. The van der Waals surface area contributed by atoms with E-state index in [2.05, 4.69) is 5.32 Å². The standard InChI is InChI=1S/C18H14FNO3S2/c1-22-15-8-12(9-16-17(21)20-18(24)25-16)4-7-14(15)23-10-11-2-5-13(19)6-3-11/h2-9H,10H2,1H3,(H,20,21,24). The molecule has 0 saturated carbocycles. The molecule has 0 aromatic heterocycles. The van der Waals surface area contributed by atoms with Crippen LogP contribution in [-0.4, -0.2) is 17.3 Å². The first-order chi connectivity index (χ1) is 12.0. The number of amides is 1. The molecule has 0 bridgehead atoms. The number of hydrogen-bond acceptors (Lipinski definition) is 5. The van der Waals surface area contributed by atoms with Gasteiger partial charge in [0.05, 0.1) is 12.0 Å². The lowest BCUT2D eigenvalue weighted by Crippen LogP contribution is -2.17. The monoisotopic (exact) mass is 375 g/mol. The molecule has 0 unspecified atom stereocenters. The summed E-state index contributed by atoms with van der Waals surface area (Å²) in [6.07, 6.45) is 1.74. The molecule has 1 amide bonds. The molecule has 7 heteroatoms. The van der Waals surface area contributed by atoms with Crippen molar-refractivity contribution in [2.75, 3.05) is 7.11 Å². The van der Waals surface area contributed by atoms with E-state index in [0.717, 1.165) is 11.1 Å². The molecule has 2 aromatic carbocycles. The number of hydrogen-bond donors (Lipinski definition) is 1.